The van der Waals surface area contributed by atoms with Crippen LogP contribution in [0.2, 0.25) is 0 Å². The van der Waals surface area contributed by atoms with Gasteiger partial charge in [-0.15, -0.1) is 0 Å². The van der Waals surface area contributed by atoms with E-state index in [-0.39, 0.29) is 12.0 Å². The molecule has 0 bridgehead atoms. The molecule has 3 rings (SSSR count). The van der Waals surface area contributed by atoms with E-state index >= 15 is 0 Å². The topological polar surface area (TPSA) is 71.2 Å². The van der Waals surface area contributed by atoms with Crippen molar-refractivity contribution in [3.05, 3.63) is 71.4 Å². The Morgan fingerprint density at radius 3 is 2.69 bits per heavy atom. The molecule has 1 aromatic heterocycles. The van der Waals surface area contributed by atoms with Crippen LogP contribution in [0.4, 0.5) is 8.78 Å². The monoisotopic (exact) mass is 358 g/mol. The fraction of sp³-hybridized carbons (Fsp3) is 0.158. The van der Waals surface area contributed by atoms with Gasteiger partial charge in [-0.1, -0.05) is 18.2 Å². The van der Waals surface area contributed by atoms with Crippen molar-refractivity contribution in [2.75, 3.05) is 7.11 Å². The van der Waals surface area contributed by atoms with Crippen molar-refractivity contribution >= 4 is 22.8 Å². The Balaban J connectivity index is 1.84. The number of H-pyrrole nitrogens is 1. The molecule has 2 aromatic carbocycles. The first-order chi connectivity index (χ1) is 12.5. The molecule has 0 saturated heterocycles. The number of methoxy groups -OCH3 is 1. The number of rotatable bonds is 5. The lowest BCUT2D eigenvalue weighted by Crippen LogP contribution is -2.43. The summed E-state index contributed by atoms with van der Waals surface area (Å²) < 4.78 is 31.5. The molecule has 0 saturated carbocycles. The number of esters is 1. The molecule has 134 valence electrons. The second-order valence-electron chi connectivity index (χ2n) is 5.74. The van der Waals surface area contributed by atoms with E-state index in [2.05, 4.69) is 10.3 Å². The number of para-hydroxylation sites is 1. The van der Waals surface area contributed by atoms with Crippen LogP contribution in [0.1, 0.15) is 15.9 Å². The fourth-order valence-electron chi connectivity index (χ4n) is 2.77. The molecule has 1 atom stereocenters. The van der Waals surface area contributed by atoms with Gasteiger partial charge in [-0.3, -0.25) is 4.79 Å². The maximum atomic E-state index is 13.8. The van der Waals surface area contributed by atoms with Gasteiger partial charge < -0.3 is 15.0 Å². The molecular weight excluding hydrogens is 342 g/mol. The Hall–Kier alpha value is -3.22. The predicted molar refractivity (Wildman–Crippen MR) is 91.6 cm³/mol. The predicted octanol–water partition coefficient (Wildman–Crippen LogP) is 2.96. The van der Waals surface area contributed by atoms with E-state index in [1.54, 1.807) is 6.20 Å². The van der Waals surface area contributed by atoms with Gasteiger partial charge in [-0.25, -0.2) is 13.6 Å². The average Bonchev–Trinajstić information content (AvgIpc) is 3.03. The molecule has 3 aromatic rings. The van der Waals surface area contributed by atoms with E-state index < -0.39 is 29.6 Å². The van der Waals surface area contributed by atoms with E-state index in [4.69, 9.17) is 4.74 Å². The number of benzene rings is 2. The van der Waals surface area contributed by atoms with Crippen molar-refractivity contribution in [1.82, 2.24) is 10.3 Å². The van der Waals surface area contributed by atoms with Crippen molar-refractivity contribution in [2.24, 2.45) is 0 Å². The zero-order valence-electron chi connectivity index (χ0n) is 13.9. The second-order valence-corrected chi connectivity index (χ2v) is 5.74. The first-order valence-electron chi connectivity index (χ1n) is 7.88. The van der Waals surface area contributed by atoms with Crippen LogP contribution in [0.15, 0.2) is 48.7 Å². The zero-order chi connectivity index (χ0) is 18.7. The van der Waals surface area contributed by atoms with Crippen molar-refractivity contribution in [3.8, 4) is 0 Å². The number of amides is 1. The minimum Gasteiger partial charge on any atom is -0.467 e. The molecule has 0 unspecified atom stereocenters. The van der Waals surface area contributed by atoms with Crippen LogP contribution >= 0.6 is 0 Å². The van der Waals surface area contributed by atoms with Gasteiger partial charge >= 0.3 is 5.97 Å². The quantitative estimate of drug-likeness (QED) is 0.689. The average molecular weight is 358 g/mol. The van der Waals surface area contributed by atoms with Crippen LogP contribution in [0.25, 0.3) is 10.9 Å². The molecule has 26 heavy (non-hydrogen) atoms. The van der Waals surface area contributed by atoms with Gasteiger partial charge in [0.15, 0.2) is 0 Å². The third-order valence-electron chi connectivity index (χ3n) is 4.07. The van der Waals surface area contributed by atoms with Crippen molar-refractivity contribution in [2.45, 2.75) is 12.5 Å². The van der Waals surface area contributed by atoms with Gasteiger partial charge in [0.2, 0.25) is 0 Å². The van der Waals surface area contributed by atoms with E-state index in [0.717, 1.165) is 28.6 Å². The van der Waals surface area contributed by atoms with E-state index in [1.807, 2.05) is 24.3 Å². The molecule has 0 fully saturated rings. The van der Waals surface area contributed by atoms with Crippen LogP contribution in [-0.2, 0) is 16.0 Å². The van der Waals surface area contributed by atoms with Crippen LogP contribution in [-0.4, -0.2) is 30.0 Å². The van der Waals surface area contributed by atoms with Crippen LogP contribution in [0.5, 0.6) is 0 Å². The molecule has 7 heteroatoms. The molecule has 1 amide bonds. The van der Waals surface area contributed by atoms with Crippen LogP contribution in [0.3, 0.4) is 0 Å². The first kappa shape index (κ1) is 17.6. The van der Waals surface area contributed by atoms with Crippen molar-refractivity contribution in [3.63, 3.8) is 0 Å². The lowest BCUT2D eigenvalue weighted by molar-refractivity contribution is -0.142. The molecule has 1 heterocycles. The number of hydrogen-bond donors (Lipinski definition) is 2. The highest BCUT2D eigenvalue weighted by atomic mass is 19.1. The number of carbonyl (C=O) groups excluding carboxylic acids is 2. The third-order valence-corrected chi connectivity index (χ3v) is 4.07. The Morgan fingerprint density at radius 1 is 1.19 bits per heavy atom. The van der Waals surface area contributed by atoms with Gasteiger partial charge in [0.25, 0.3) is 5.91 Å². The van der Waals surface area contributed by atoms with E-state index in [0.29, 0.717) is 6.07 Å². The van der Waals surface area contributed by atoms with E-state index in [1.165, 1.54) is 7.11 Å². The largest absolute Gasteiger partial charge is 0.467 e. The number of ether oxygens (including phenoxy) is 1. The van der Waals surface area contributed by atoms with Crippen LogP contribution in [0, 0.1) is 11.6 Å². The van der Waals surface area contributed by atoms with Crippen LogP contribution < -0.4 is 5.32 Å². The third kappa shape index (κ3) is 3.56. The highest BCUT2D eigenvalue weighted by Crippen LogP contribution is 2.19. The molecular formula is C19H16F2N2O3. The second kappa shape index (κ2) is 7.35. The summed E-state index contributed by atoms with van der Waals surface area (Å²) >= 11 is 0. The smallest absolute Gasteiger partial charge is 0.328 e. The summed E-state index contributed by atoms with van der Waals surface area (Å²) in [6, 6.07) is 9.11. The maximum Gasteiger partial charge on any atom is 0.328 e. The zero-order valence-corrected chi connectivity index (χ0v) is 13.9. The Kier molecular flexibility index (Phi) is 4.97. The number of hydrogen-bond acceptors (Lipinski definition) is 3. The first-order valence-corrected chi connectivity index (χ1v) is 7.88. The summed E-state index contributed by atoms with van der Waals surface area (Å²) in [5.41, 5.74) is 1.34. The van der Waals surface area contributed by atoms with Gasteiger partial charge in [0.05, 0.1) is 12.7 Å². The maximum absolute atomic E-state index is 13.8. The van der Waals surface area contributed by atoms with Gasteiger partial charge in [-0.2, -0.15) is 0 Å². The van der Waals surface area contributed by atoms with Gasteiger partial charge in [-0.05, 0) is 23.8 Å². The van der Waals surface area contributed by atoms with Crippen molar-refractivity contribution < 1.29 is 23.1 Å². The Bertz CT molecular complexity index is 968. The number of aromatic amines is 1. The SMILES string of the molecule is COC(=O)[C@@H](Cc1c[nH]c2ccccc12)NC(=O)c1ccc(F)cc1F. The number of halogens is 2. The summed E-state index contributed by atoms with van der Waals surface area (Å²) in [6.07, 6.45) is 1.90. The Morgan fingerprint density at radius 2 is 1.96 bits per heavy atom. The molecule has 0 aliphatic carbocycles. The summed E-state index contributed by atoms with van der Waals surface area (Å²) in [6.45, 7) is 0. The number of nitrogens with one attached hydrogen (secondary N) is 2. The summed E-state index contributed by atoms with van der Waals surface area (Å²) in [4.78, 5) is 27.5. The number of carbonyl (C=O) groups is 2. The molecule has 0 radical (unpaired) electrons. The lowest BCUT2D eigenvalue weighted by atomic mass is 10.0. The molecule has 5 nitrogen and oxygen atoms in total. The Labute approximate surface area is 148 Å². The number of fused-ring (bicyclic) bond motifs is 1. The van der Waals surface area contributed by atoms with Crippen molar-refractivity contribution in [1.29, 1.82) is 0 Å². The highest BCUT2D eigenvalue weighted by Gasteiger charge is 2.25. The molecule has 2 N–H and O–H groups in total. The fourth-order valence-corrected chi connectivity index (χ4v) is 2.77. The van der Waals surface area contributed by atoms with Gasteiger partial charge in [0.1, 0.15) is 17.7 Å². The number of aromatic nitrogens is 1. The normalized spacial score (nSPS) is 12.0. The van der Waals surface area contributed by atoms with Gasteiger partial charge in [0, 0.05) is 29.6 Å². The molecule has 0 aliphatic heterocycles. The summed E-state index contributed by atoms with van der Waals surface area (Å²) in [5, 5.41) is 3.36. The standard InChI is InChI=1S/C19H16F2N2O3/c1-26-19(25)17(8-11-10-22-16-5-3-2-4-13(11)16)23-18(24)14-7-6-12(20)9-15(14)21/h2-7,9-10,17,22H,8H2,1H3,(H,23,24)/t17-/m1/s1. The lowest BCUT2D eigenvalue weighted by Gasteiger charge is -2.16. The van der Waals surface area contributed by atoms with E-state index in [9.17, 15) is 18.4 Å². The minimum absolute atomic E-state index is 0.158. The molecule has 0 aliphatic rings. The summed E-state index contributed by atoms with van der Waals surface area (Å²) in [7, 11) is 1.20. The summed E-state index contributed by atoms with van der Waals surface area (Å²) in [5.74, 6) is -3.27. The minimum atomic E-state index is -1.02. The highest BCUT2D eigenvalue weighted by molar-refractivity contribution is 5.97. The molecule has 0 spiro atoms.